The Labute approximate surface area is 269 Å². The monoisotopic (exact) mass is 687 g/mol. The molecule has 1 unspecified atom stereocenters. The van der Waals surface area contributed by atoms with E-state index in [9.17, 15) is 28.1 Å². The van der Waals surface area contributed by atoms with Crippen LogP contribution in [0.15, 0.2) is 18.2 Å². The molecule has 1 aromatic carbocycles. The number of imide groups is 1. The van der Waals surface area contributed by atoms with Crippen molar-refractivity contribution in [3.05, 3.63) is 52.1 Å². The number of nitrogens with zero attached hydrogens (tertiary/aromatic N) is 2. The Balaban J connectivity index is 1.85. The van der Waals surface area contributed by atoms with Crippen LogP contribution in [0.25, 0.3) is 11.6 Å². The molecule has 46 heavy (non-hydrogen) atoms. The minimum absolute atomic E-state index is 0.00991. The van der Waals surface area contributed by atoms with E-state index in [4.69, 9.17) is 31.0 Å². The predicted octanol–water partition coefficient (Wildman–Crippen LogP) is 2.63. The van der Waals surface area contributed by atoms with Gasteiger partial charge in [-0.2, -0.15) is 0 Å². The summed E-state index contributed by atoms with van der Waals surface area (Å²) in [7, 11) is -4.98. The summed E-state index contributed by atoms with van der Waals surface area (Å²) < 4.78 is 40.0. The summed E-state index contributed by atoms with van der Waals surface area (Å²) in [5.74, 6) is -2.83. The van der Waals surface area contributed by atoms with Gasteiger partial charge in [0.15, 0.2) is 6.10 Å². The smallest absolute Gasteiger partial charge is 0.455 e. The van der Waals surface area contributed by atoms with E-state index < -0.39 is 57.5 Å². The quantitative estimate of drug-likeness (QED) is 0.0795. The second kappa shape index (κ2) is 16.3. The largest absolute Gasteiger partial charge is 0.469 e. The molecule has 0 bridgehead atoms. The lowest BCUT2D eigenvalue weighted by molar-refractivity contribution is -0.151. The van der Waals surface area contributed by atoms with Crippen molar-refractivity contribution in [2.75, 3.05) is 50.8 Å². The Kier molecular flexibility index (Phi) is 13.0. The van der Waals surface area contributed by atoms with Gasteiger partial charge in [-0.1, -0.05) is 13.8 Å². The van der Waals surface area contributed by atoms with Gasteiger partial charge in [-0.25, -0.2) is 23.5 Å². The molecular formula is C28H36ClFN5O10P. The summed E-state index contributed by atoms with van der Waals surface area (Å²) in [5.41, 5.74) is 1.81. The molecule has 0 aliphatic carbocycles. The van der Waals surface area contributed by atoms with Crippen LogP contribution in [0.5, 0.6) is 0 Å². The number of nitrogens with one attached hydrogen (secondary N) is 3. The van der Waals surface area contributed by atoms with Crippen LogP contribution in [0.3, 0.4) is 0 Å². The minimum Gasteiger partial charge on any atom is -0.455 e. The molecule has 0 radical (unpaired) electrons. The number of benzene rings is 1. The van der Waals surface area contributed by atoms with Gasteiger partial charge in [0.2, 0.25) is 0 Å². The molecular weight excluding hydrogens is 652 g/mol. The molecule has 18 heteroatoms. The number of anilines is 1. The number of rotatable bonds is 15. The van der Waals surface area contributed by atoms with E-state index in [0.717, 1.165) is 25.2 Å². The van der Waals surface area contributed by atoms with Gasteiger partial charge < -0.3 is 34.5 Å². The first-order chi connectivity index (χ1) is 21.7. The number of phosphoric ester groups is 1. The number of amides is 3. The van der Waals surface area contributed by atoms with Gasteiger partial charge in [-0.15, -0.1) is 0 Å². The lowest BCUT2D eigenvalue weighted by Gasteiger charge is -2.20. The van der Waals surface area contributed by atoms with Crippen LogP contribution in [-0.4, -0.2) is 95.6 Å². The van der Waals surface area contributed by atoms with Crippen LogP contribution >= 0.6 is 19.6 Å². The molecule has 3 amide bonds. The number of esters is 1. The van der Waals surface area contributed by atoms with Crippen molar-refractivity contribution in [3.63, 3.8) is 0 Å². The van der Waals surface area contributed by atoms with Crippen LogP contribution in [0.4, 0.5) is 14.9 Å². The third-order valence-corrected chi connectivity index (χ3v) is 7.66. The van der Waals surface area contributed by atoms with Crippen LogP contribution < -0.4 is 15.1 Å². The number of carbonyl (C=O) groups excluding carboxylic acids is 4. The highest BCUT2D eigenvalue weighted by atomic mass is 35.5. The number of aromatic nitrogens is 1. The topological polar surface area (TPSA) is 200 Å². The molecule has 1 aliphatic heterocycles. The molecule has 252 valence electrons. The van der Waals surface area contributed by atoms with E-state index in [-0.39, 0.29) is 22.7 Å². The third-order valence-electron chi connectivity index (χ3n) is 7.04. The number of phosphoric acid groups is 1. The number of likely N-dealkylation sites (N-methyl/N-ethyl adjacent to an activating group) is 1. The second-order valence-electron chi connectivity index (χ2n) is 10.1. The molecule has 0 spiro atoms. The lowest BCUT2D eigenvalue weighted by Crippen LogP contribution is -2.38. The minimum atomic E-state index is -4.98. The molecule has 2 aromatic rings. The van der Waals surface area contributed by atoms with Crippen molar-refractivity contribution in [2.24, 2.45) is 0 Å². The van der Waals surface area contributed by atoms with E-state index in [0.29, 0.717) is 40.5 Å². The van der Waals surface area contributed by atoms with E-state index >= 15 is 0 Å². The number of hydrogen-bond donors (Lipinski definition) is 5. The predicted molar refractivity (Wildman–Crippen MR) is 165 cm³/mol. The molecule has 1 aliphatic rings. The Bertz CT molecular complexity index is 1540. The van der Waals surface area contributed by atoms with Gasteiger partial charge >= 0.3 is 19.9 Å². The lowest BCUT2D eigenvalue weighted by atomic mass is 10.0. The number of fused-ring (bicyclic) bond motifs is 1. The number of aromatic amines is 1. The van der Waals surface area contributed by atoms with Crippen molar-refractivity contribution in [1.29, 1.82) is 0 Å². The van der Waals surface area contributed by atoms with Gasteiger partial charge in [0.1, 0.15) is 19.0 Å². The molecule has 0 fully saturated rings. The fourth-order valence-corrected chi connectivity index (χ4v) is 5.22. The highest BCUT2D eigenvalue weighted by Gasteiger charge is 2.39. The van der Waals surface area contributed by atoms with E-state index in [1.54, 1.807) is 13.8 Å². The number of hydrogen-bond acceptors (Lipinski definition) is 10. The van der Waals surface area contributed by atoms with E-state index in [2.05, 4.69) is 19.7 Å². The van der Waals surface area contributed by atoms with Crippen molar-refractivity contribution in [3.8, 4) is 0 Å². The number of halogens is 2. The maximum Gasteiger partial charge on any atom is 0.469 e. The normalized spacial score (nSPS) is 14.5. The fraction of sp³-hybridized carbons (Fsp3) is 0.429. The van der Waals surface area contributed by atoms with Crippen molar-refractivity contribution >= 4 is 60.8 Å². The Morgan fingerprint density at radius 3 is 2.52 bits per heavy atom. The maximum absolute atomic E-state index is 14.4. The zero-order chi connectivity index (χ0) is 34.2. The SMILES string of the molecule is CCN(CC)CCNC(=O)c1c(C)[nH]c(/C=C2\C(=O)N(C(=O)OCC(COP(=O)(O)O)OC(=O)CNCl)c3ccc(F)cc32)c1C. The molecule has 0 saturated carbocycles. The zero-order valence-electron chi connectivity index (χ0n) is 25.6. The van der Waals surface area contributed by atoms with E-state index in [1.807, 2.05) is 18.7 Å². The standard InChI is InChI=1S/C28H36ClFN5O10P/c1-5-34(6-2)10-9-31-26(37)25-16(3)22(33-17(25)4)12-21-20-11-18(30)7-8-23(20)35(27(21)38)28(39)43-14-19(15-44-46(40,41)42)45-24(36)13-32-29/h7-8,11-12,19,32-33H,5-6,9-10,13-15H2,1-4H3,(H,31,37)(H2,40,41,42)/b21-12-. The fourth-order valence-electron chi connectivity index (χ4n) is 4.75. The molecule has 0 saturated heterocycles. The van der Waals surface area contributed by atoms with Gasteiger partial charge in [-0.05, 0) is 68.6 Å². The van der Waals surface area contributed by atoms with Gasteiger partial charge in [0.05, 0.1) is 23.4 Å². The van der Waals surface area contributed by atoms with E-state index in [1.165, 1.54) is 12.1 Å². The van der Waals surface area contributed by atoms with Gasteiger partial charge in [0, 0.05) is 30.0 Å². The summed E-state index contributed by atoms with van der Waals surface area (Å²) >= 11 is 5.27. The summed E-state index contributed by atoms with van der Waals surface area (Å²) in [4.78, 5) is 77.5. The van der Waals surface area contributed by atoms with Crippen molar-refractivity contribution in [1.82, 2.24) is 20.0 Å². The highest BCUT2D eigenvalue weighted by Crippen LogP contribution is 2.39. The number of carbonyl (C=O) groups is 4. The van der Waals surface area contributed by atoms with Crippen LogP contribution in [-0.2, 0) is 28.2 Å². The second-order valence-corrected chi connectivity index (χ2v) is 11.6. The molecule has 2 heterocycles. The molecule has 5 N–H and O–H groups in total. The summed E-state index contributed by atoms with van der Waals surface area (Å²) in [5, 5.41) is 2.90. The number of ether oxygens (including phenoxy) is 2. The number of aryl methyl sites for hydroxylation is 1. The molecule has 1 atom stereocenters. The maximum atomic E-state index is 14.4. The summed E-state index contributed by atoms with van der Waals surface area (Å²) in [6.45, 7) is 8.12. The first kappa shape index (κ1) is 36.8. The zero-order valence-corrected chi connectivity index (χ0v) is 27.2. The highest BCUT2D eigenvalue weighted by molar-refractivity contribution is 7.46. The average Bonchev–Trinajstić information content (AvgIpc) is 3.42. The Hall–Kier alpha value is -3.63. The van der Waals surface area contributed by atoms with Crippen LogP contribution in [0.1, 0.15) is 46.7 Å². The van der Waals surface area contributed by atoms with Crippen LogP contribution in [0, 0.1) is 19.7 Å². The first-order valence-corrected chi connectivity index (χ1v) is 16.1. The summed E-state index contributed by atoms with van der Waals surface area (Å²) in [6, 6.07) is 3.31. The Morgan fingerprint density at radius 2 is 1.89 bits per heavy atom. The average molecular weight is 688 g/mol. The van der Waals surface area contributed by atoms with Crippen molar-refractivity contribution < 1.29 is 51.9 Å². The molecule has 15 nitrogen and oxygen atoms in total. The molecule has 3 rings (SSSR count). The van der Waals surface area contributed by atoms with Crippen LogP contribution in [0.2, 0.25) is 0 Å². The van der Waals surface area contributed by atoms with Gasteiger partial charge in [0.25, 0.3) is 11.8 Å². The molecule has 1 aromatic heterocycles. The third kappa shape index (κ3) is 9.45. The summed E-state index contributed by atoms with van der Waals surface area (Å²) in [6.07, 6.45) is -1.34. The van der Waals surface area contributed by atoms with Crippen molar-refractivity contribution in [2.45, 2.75) is 33.8 Å². The Morgan fingerprint density at radius 1 is 1.20 bits per heavy atom. The number of H-pyrrole nitrogens is 1. The first-order valence-electron chi connectivity index (χ1n) is 14.2. The van der Waals surface area contributed by atoms with Gasteiger partial charge in [-0.3, -0.25) is 18.9 Å².